The molecule has 0 bridgehead atoms. The van der Waals surface area contributed by atoms with E-state index in [1.54, 1.807) is 30.1 Å². The highest BCUT2D eigenvalue weighted by Crippen LogP contribution is 2.34. The number of aromatic nitrogens is 4. The number of amides is 4. The maximum absolute atomic E-state index is 13.4. The zero-order chi connectivity index (χ0) is 39.4. The lowest BCUT2D eigenvalue weighted by molar-refractivity contribution is -0.136. The van der Waals surface area contributed by atoms with Crippen LogP contribution < -0.4 is 25.6 Å². The third-order valence-electron chi connectivity index (χ3n) is 11.7. The summed E-state index contributed by atoms with van der Waals surface area (Å²) >= 11 is 0. The van der Waals surface area contributed by atoms with Crippen molar-refractivity contribution < 1.29 is 23.9 Å². The average Bonchev–Trinajstić information content (AvgIpc) is 3.65. The van der Waals surface area contributed by atoms with E-state index in [1.165, 1.54) is 11.1 Å². The van der Waals surface area contributed by atoms with Gasteiger partial charge in [-0.2, -0.15) is 10.1 Å². The Bertz CT molecular complexity index is 2460. The Balaban J connectivity index is 0.806. The minimum absolute atomic E-state index is 0.0960. The Labute approximate surface area is 329 Å². The highest BCUT2D eigenvalue weighted by Gasteiger charge is 2.45. The van der Waals surface area contributed by atoms with E-state index in [9.17, 15) is 19.2 Å². The number of carbonyl (C=O) groups excluding carboxylic acids is 4. The lowest BCUT2D eigenvalue weighted by atomic mass is 9.93. The standard InChI is InChI=1S/C42H44N10O5/c1-24-18-30(57-3)7-9-34(24)45-37-33-21-43-42(47-38(33)49(2)48-37)44-28-5-4-26-14-15-50(23-27(26)19-28)22-25-12-16-51(17-13-25)29-6-8-31-32(20-29)41(56)52(40(31)55)35-10-11-36(53)46-39(35)54/h4-9,18-21,25,35H,10-17,22-23H2,1-3H3,(H,45,48)(H,43,44,47)(H,46,53,54). The van der Waals surface area contributed by atoms with Crippen molar-refractivity contribution in [3.05, 3.63) is 88.6 Å². The number of aryl methyl sites for hydroxylation is 2. The van der Waals surface area contributed by atoms with Gasteiger partial charge in [-0.25, -0.2) is 9.67 Å². The molecule has 3 aromatic carbocycles. The van der Waals surface area contributed by atoms with Gasteiger partial charge in [-0.15, -0.1) is 0 Å². The van der Waals surface area contributed by atoms with Crippen LogP contribution in [-0.4, -0.2) is 92.5 Å². The van der Waals surface area contributed by atoms with Crippen LogP contribution in [0.1, 0.15) is 63.1 Å². The summed E-state index contributed by atoms with van der Waals surface area (Å²) in [5.41, 5.74) is 7.81. The number of hydrogen-bond donors (Lipinski definition) is 3. The minimum Gasteiger partial charge on any atom is -0.497 e. The smallest absolute Gasteiger partial charge is 0.262 e. The number of methoxy groups -OCH3 is 1. The maximum atomic E-state index is 13.4. The van der Waals surface area contributed by atoms with Crippen molar-refractivity contribution in [3.8, 4) is 5.75 Å². The van der Waals surface area contributed by atoms with E-state index in [2.05, 4.69) is 54.0 Å². The normalized spacial score (nSPS) is 18.8. The van der Waals surface area contributed by atoms with E-state index in [1.807, 2.05) is 38.2 Å². The first-order valence-electron chi connectivity index (χ1n) is 19.4. The Morgan fingerprint density at radius 1 is 0.877 bits per heavy atom. The molecule has 2 fully saturated rings. The molecule has 2 saturated heterocycles. The first-order chi connectivity index (χ1) is 27.6. The molecular formula is C42H44N10O5. The van der Waals surface area contributed by atoms with Crippen molar-refractivity contribution in [1.29, 1.82) is 0 Å². The van der Waals surface area contributed by atoms with Crippen LogP contribution in [0.2, 0.25) is 0 Å². The summed E-state index contributed by atoms with van der Waals surface area (Å²) in [7, 11) is 3.53. The van der Waals surface area contributed by atoms with Crippen LogP contribution in [0.3, 0.4) is 0 Å². The fourth-order valence-electron chi connectivity index (χ4n) is 8.59. The maximum Gasteiger partial charge on any atom is 0.262 e. The number of imide groups is 2. The molecule has 4 aliphatic heterocycles. The number of nitrogens with zero attached hydrogens (tertiary/aromatic N) is 7. The van der Waals surface area contributed by atoms with Gasteiger partial charge in [0, 0.05) is 69.5 Å². The Kier molecular flexibility index (Phi) is 9.31. The van der Waals surface area contributed by atoms with Crippen molar-refractivity contribution in [3.63, 3.8) is 0 Å². The summed E-state index contributed by atoms with van der Waals surface area (Å²) in [6.07, 6.45) is 5.06. The summed E-state index contributed by atoms with van der Waals surface area (Å²) in [6, 6.07) is 16.8. The summed E-state index contributed by atoms with van der Waals surface area (Å²) < 4.78 is 7.10. The van der Waals surface area contributed by atoms with Crippen molar-refractivity contribution in [1.82, 2.24) is 34.9 Å². The number of rotatable bonds is 9. The molecule has 3 N–H and O–H groups in total. The van der Waals surface area contributed by atoms with Crippen LogP contribution in [0.4, 0.5) is 28.8 Å². The molecule has 0 radical (unpaired) electrons. The number of nitrogens with one attached hydrogen (secondary N) is 3. The molecule has 15 heteroatoms. The van der Waals surface area contributed by atoms with E-state index in [0.29, 0.717) is 34.5 Å². The fourth-order valence-corrected chi connectivity index (χ4v) is 8.59. The second-order valence-electron chi connectivity index (χ2n) is 15.4. The van der Waals surface area contributed by atoms with Crippen LogP contribution in [-0.2, 0) is 29.6 Å². The van der Waals surface area contributed by atoms with Crippen molar-refractivity contribution in [2.45, 2.75) is 51.6 Å². The molecule has 0 saturated carbocycles. The van der Waals surface area contributed by atoms with Crippen LogP contribution in [0, 0.1) is 12.8 Å². The number of hydrogen-bond acceptors (Lipinski definition) is 12. The van der Waals surface area contributed by atoms with Gasteiger partial charge in [0.15, 0.2) is 11.5 Å². The number of anilines is 5. The van der Waals surface area contributed by atoms with Gasteiger partial charge in [0.05, 0.1) is 23.6 Å². The molecular weight excluding hydrogens is 725 g/mol. The number of benzene rings is 3. The second kappa shape index (κ2) is 14.6. The number of piperidine rings is 2. The van der Waals surface area contributed by atoms with E-state index in [-0.39, 0.29) is 18.7 Å². The molecule has 9 rings (SSSR count). The predicted molar refractivity (Wildman–Crippen MR) is 214 cm³/mol. The molecule has 2 aromatic heterocycles. The lowest BCUT2D eigenvalue weighted by Crippen LogP contribution is -2.54. The Morgan fingerprint density at radius 2 is 1.70 bits per heavy atom. The molecule has 4 aliphatic rings. The molecule has 0 aliphatic carbocycles. The topological polar surface area (TPSA) is 167 Å². The van der Waals surface area contributed by atoms with Crippen LogP contribution >= 0.6 is 0 Å². The minimum atomic E-state index is -0.969. The number of fused-ring (bicyclic) bond motifs is 3. The molecule has 292 valence electrons. The molecule has 1 unspecified atom stereocenters. The van der Waals surface area contributed by atoms with Gasteiger partial charge >= 0.3 is 0 Å². The zero-order valence-electron chi connectivity index (χ0n) is 32.2. The molecule has 0 spiro atoms. The fraction of sp³-hybridized carbons (Fsp3) is 0.357. The number of ether oxygens (including phenoxy) is 1. The Morgan fingerprint density at radius 3 is 2.49 bits per heavy atom. The highest BCUT2D eigenvalue weighted by molar-refractivity contribution is 6.23. The molecule has 15 nitrogen and oxygen atoms in total. The Hall–Kier alpha value is -6.35. The van der Waals surface area contributed by atoms with Crippen molar-refractivity contribution >= 4 is 63.5 Å². The molecule has 6 heterocycles. The van der Waals surface area contributed by atoms with E-state index >= 15 is 0 Å². The van der Waals surface area contributed by atoms with Gasteiger partial charge in [0.1, 0.15) is 11.8 Å². The van der Waals surface area contributed by atoms with Crippen LogP contribution in [0.25, 0.3) is 11.0 Å². The van der Waals surface area contributed by atoms with Crippen LogP contribution in [0.15, 0.2) is 60.8 Å². The summed E-state index contributed by atoms with van der Waals surface area (Å²) in [6.45, 7) is 6.61. The van der Waals surface area contributed by atoms with E-state index in [0.717, 1.165) is 90.6 Å². The molecule has 4 amide bonds. The van der Waals surface area contributed by atoms with Crippen LogP contribution in [0.5, 0.6) is 5.75 Å². The average molecular weight is 769 g/mol. The van der Waals surface area contributed by atoms with Gasteiger partial charge in [-0.1, -0.05) is 6.07 Å². The summed E-state index contributed by atoms with van der Waals surface area (Å²) in [5, 5.41) is 14.6. The molecule has 1 atom stereocenters. The van der Waals surface area contributed by atoms with Gasteiger partial charge in [-0.3, -0.25) is 34.3 Å². The predicted octanol–water partition coefficient (Wildman–Crippen LogP) is 4.84. The number of carbonyl (C=O) groups is 4. The third kappa shape index (κ3) is 6.92. The van der Waals surface area contributed by atoms with Crippen molar-refractivity contribution in [2.75, 3.05) is 48.8 Å². The van der Waals surface area contributed by atoms with Gasteiger partial charge < -0.3 is 20.3 Å². The lowest BCUT2D eigenvalue weighted by Gasteiger charge is -2.37. The largest absolute Gasteiger partial charge is 0.497 e. The monoisotopic (exact) mass is 768 g/mol. The molecule has 5 aromatic rings. The highest BCUT2D eigenvalue weighted by atomic mass is 16.5. The second-order valence-corrected chi connectivity index (χ2v) is 15.4. The quantitative estimate of drug-likeness (QED) is 0.175. The zero-order valence-corrected chi connectivity index (χ0v) is 32.2. The summed E-state index contributed by atoms with van der Waals surface area (Å²) in [4.78, 5) is 65.9. The van der Waals surface area contributed by atoms with Crippen molar-refractivity contribution in [2.24, 2.45) is 13.0 Å². The molecule has 57 heavy (non-hydrogen) atoms. The van der Waals surface area contributed by atoms with Gasteiger partial charge in [0.25, 0.3) is 11.8 Å². The SMILES string of the molecule is COc1ccc(Nc2nn(C)c3nc(Nc4ccc5c(c4)CN(CC4CCN(c6ccc7c(c6)C(=O)N(C6CCC(=O)NC6=O)C7=O)CC4)CC5)ncc23)c(C)c1. The van der Waals surface area contributed by atoms with E-state index < -0.39 is 23.8 Å². The van der Waals surface area contributed by atoms with E-state index in [4.69, 9.17) is 9.72 Å². The van der Waals surface area contributed by atoms with Gasteiger partial charge in [0.2, 0.25) is 17.8 Å². The van der Waals surface area contributed by atoms with Gasteiger partial charge in [-0.05, 0) is 104 Å². The summed E-state index contributed by atoms with van der Waals surface area (Å²) in [5.74, 6) is 0.577. The first kappa shape index (κ1) is 36.3. The first-order valence-corrected chi connectivity index (χ1v) is 19.4. The third-order valence-corrected chi connectivity index (χ3v) is 11.7.